The summed E-state index contributed by atoms with van der Waals surface area (Å²) in [5.74, 6) is -0.734. The summed E-state index contributed by atoms with van der Waals surface area (Å²) in [5.41, 5.74) is 5.68. The molecule has 1 aliphatic rings. The van der Waals surface area contributed by atoms with Crippen molar-refractivity contribution >= 4 is 11.8 Å². The zero-order chi connectivity index (χ0) is 14.5. The predicted octanol–water partition coefficient (Wildman–Crippen LogP) is 0.459. The molecule has 2 amide bonds. The lowest BCUT2D eigenvalue weighted by atomic mass is 10.2. The lowest BCUT2D eigenvalue weighted by Crippen LogP contribution is -2.39. The van der Waals surface area contributed by atoms with E-state index in [1.54, 1.807) is 15.9 Å². The van der Waals surface area contributed by atoms with Gasteiger partial charge in [-0.1, -0.05) is 6.07 Å². The summed E-state index contributed by atoms with van der Waals surface area (Å²) < 4.78 is 13.2. The molecule has 6 heteroatoms. The Morgan fingerprint density at radius 2 is 1.85 bits per heavy atom. The van der Waals surface area contributed by atoms with E-state index in [1.165, 1.54) is 18.2 Å². The zero-order valence-electron chi connectivity index (χ0n) is 11.2. The first-order chi connectivity index (χ1) is 9.61. The molecule has 1 saturated heterocycles. The molecule has 0 unspecified atom stereocenters. The number of benzene rings is 1. The van der Waals surface area contributed by atoms with Gasteiger partial charge in [-0.3, -0.25) is 9.59 Å². The lowest BCUT2D eigenvalue weighted by molar-refractivity contribution is -0.129. The van der Waals surface area contributed by atoms with Crippen LogP contribution in [0.5, 0.6) is 0 Å². The van der Waals surface area contributed by atoms with Crippen molar-refractivity contribution < 1.29 is 14.0 Å². The highest BCUT2D eigenvalue weighted by Gasteiger charge is 2.22. The third kappa shape index (κ3) is 3.33. The van der Waals surface area contributed by atoms with Crippen molar-refractivity contribution in [1.82, 2.24) is 9.80 Å². The van der Waals surface area contributed by atoms with Crippen LogP contribution in [-0.4, -0.2) is 54.3 Å². The van der Waals surface area contributed by atoms with Crippen LogP contribution in [0.2, 0.25) is 0 Å². The summed E-state index contributed by atoms with van der Waals surface area (Å²) in [4.78, 5) is 27.2. The molecule has 20 heavy (non-hydrogen) atoms. The van der Waals surface area contributed by atoms with E-state index in [1.807, 2.05) is 0 Å². The molecule has 108 valence electrons. The first-order valence-electron chi connectivity index (χ1n) is 6.64. The summed E-state index contributed by atoms with van der Waals surface area (Å²) in [7, 11) is 0. The van der Waals surface area contributed by atoms with E-state index >= 15 is 0 Å². The molecule has 1 aromatic carbocycles. The predicted molar refractivity (Wildman–Crippen MR) is 72.6 cm³/mol. The molecule has 1 aliphatic heterocycles. The fourth-order valence-corrected chi connectivity index (χ4v) is 2.30. The second kappa shape index (κ2) is 6.47. The van der Waals surface area contributed by atoms with Crippen molar-refractivity contribution in [2.75, 3.05) is 32.7 Å². The van der Waals surface area contributed by atoms with Crippen molar-refractivity contribution in [1.29, 1.82) is 0 Å². The molecule has 1 aromatic rings. The number of carbonyl (C=O) groups is 2. The second-order valence-electron chi connectivity index (χ2n) is 4.74. The van der Waals surface area contributed by atoms with Gasteiger partial charge in [0.05, 0.1) is 6.54 Å². The van der Waals surface area contributed by atoms with Crippen LogP contribution in [0.15, 0.2) is 24.3 Å². The minimum atomic E-state index is -0.425. The van der Waals surface area contributed by atoms with Crippen LogP contribution in [0.25, 0.3) is 0 Å². The average Bonchev–Trinajstić information content (AvgIpc) is 2.71. The molecule has 1 fully saturated rings. The Balaban J connectivity index is 2.03. The maximum Gasteiger partial charge on any atom is 0.254 e. The first kappa shape index (κ1) is 14.5. The molecule has 2 rings (SSSR count). The van der Waals surface area contributed by atoms with Crippen molar-refractivity contribution in [2.24, 2.45) is 5.73 Å². The van der Waals surface area contributed by atoms with Crippen LogP contribution in [-0.2, 0) is 4.79 Å². The van der Waals surface area contributed by atoms with Crippen LogP contribution >= 0.6 is 0 Å². The standard InChI is InChI=1S/C14H18FN3O2/c15-12-4-1-3-11(9-12)14(20)18-6-2-5-17(7-8-18)13(19)10-16/h1,3-4,9H,2,5-8,10,16H2. The Labute approximate surface area is 117 Å². The third-order valence-electron chi connectivity index (χ3n) is 3.38. The van der Waals surface area contributed by atoms with Gasteiger partial charge in [-0.05, 0) is 24.6 Å². The van der Waals surface area contributed by atoms with E-state index < -0.39 is 5.82 Å². The molecular weight excluding hydrogens is 261 g/mol. The Kier molecular flexibility index (Phi) is 4.68. The zero-order valence-corrected chi connectivity index (χ0v) is 11.2. The minimum Gasteiger partial charge on any atom is -0.340 e. The second-order valence-corrected chi connectivity index (χ2v) is 4.74. The van der Waals surface area contributed by atoms with E-state index in [9.17, 15) is 14.0 Å². The molecule has 0 aliphatic carbocycles. The normalized spacial score (nSPS) is 15.9. The Morgan fingerprint density at radius 1 is 1.15 bits per heavy atom. The number of hydrogen-bond donors (Lipinski definition) is 1. The molecule has 5 nitrogen and oxygen atoms in total. The maximum atomic E-state index is 13.2. The Bertz CT molecular complexity index is 507. The molecule has 0 radical (unpaired) electrons. The fourth-order valence-electron chi connectivity index (χ4n) is 2.30. The summed E-state index contributed by atoms with van der Waals surface area (Å²) in [6.07, 6.45) is 0.701. The van der Waals surface area contributed by atoms with E-state index in [4.69, 9.17) is 5.73 Å². The van der Waals surface area contributed by atoms with E-state index in [0.29, 0.717) is 38.2 Å². The quantitative estimate of drug-likeness (QED) is 0.855. The van der Waals surface area contributed by atoms with Crippen molar-refractivity contribution in [2.45, 2.75) is 6.42 Å². The molecule has 0 aromatic heterocycles. The van der Waals surface area contributed by atoms with Gasteiger partial charge in [0.25, 0.3) is 5.91 Å². The van der Waals surface area contributed by atoms with Crippen LogP contribution in [0.4, 0.5) is 4.39 Å². The smallest absolute Gasteiger partial charge is 0.254 e. The summed E-state index contributed by atoms with van der Waals surface area (Å²) in [5, 5.41) is 0. The average molecular weight is 279 g/mol. The van der Waals surface area contributed by atoms with Gasteiger partial charge in [-0.2, -0.15) is 0 Å². The molecule has 0 bridgehead atoms. The Morgan fingerprint density at radius 3 is 2.55 bits per heavy atom. The van der Waals surface area contributed by atoms with Gasteiger partial charge in [0.15, 0.2) is 0 Å². The SMILES string of the molecule is NCC(=O)N1CCCN(C(=O)c2cccc(F)c2)CC1. The fraction of sp³-hybridized carbons (Fsp3) is 0.429. The number of halogens is 1. The molecule has 1 heterocycles. The highest BCUT2D eigenvalue weighted by atomic mass is 19.1. The van der Waals surface area contributed by atoms with Crippen molar-refractivity contribution in [3.8, 4) is 0 Å². The van der Waals surface area contributed by atoms with Gasteiger partial charge >= 0.3 is 0 Å². The van der Waals surface area contributed by atoms with Crippen LogP contribution in [0, 0.1) is 5.82 Å². The lowest BCUT2D eigenvalue weighted by Gasteiger charge is -2.22. The minimum absolute atomic E-state index is 0.0160. The van der Waals surface area contributed by atoms with Gasteiger partial charge in [0.1, 0.15) is 5.82 Å². The highest BCUT2D eigenvalue weighted by molar-refractivity contribution is 5.94. The number of hydrogen-bond acceptors (Lipinski definition) is 3. The van der Waals surface area contributed by atoms with E-state index in [-0.39, 0.29) is 18.4 Å². The molecular formula is C14H18FN3O2. The van der Waals surface area contributed by atoms with Crippen LogP contribution < -0.4 is 5.73 Å². The van der Waals surface area contributed by atoms with Crippen LogP contribution in [0.3, 0.4) is 0 Å². The van der Waals surface area contributed by atoms with E-state index in [0.717, 1.165) is 0 Å². The third-order valence-corrected chi connectivity index (χ3v) is 3.38. The molecule has 0 saturated carbocycles. The summed E-state index contributed by atoms with van der Waals surface area (Å²) in [6, 6.07) is 5.65. The molecule has 0 spiro atoms. The van der Waals surface area contributed by atoms with Crippen LogP contribution in [0.1, 0.15) is 16.8 Å². The molecule has 2 N–H and O–H groups in total. The first-order valence-corrected chi connectivity index (χ1v) is 6.64. The van der Waals surface area contributed by atoms with Gasteiger partial charge in [0, 0.05) is 31.7 Å². The molecule has 0 atom stereocenters. The highest BCUT2D eigenvalue weighted by Crippen LogP contribution is 2.10. The largest absolute Gasteiger partial charge is 0.340 e. The number of nitrogens with zero attached hydrogens (tertiary/aromatic N) is 2. The number of amides is 2. The number of nitrogens with two attached hydrogens (primary N) is 1. The van der Waals surface area contributed by atoms with Gasteiger partial charge in [-0.15, -0.1) is 0 Å². The summed E-state index contributed by atoms with van der Waals surface area (Å²) >= 11 is 0. The Hall–Kier alpha value is -1.95. The summed E-state index contributed by atoms with van der Waals surface area (Å²) in [6.45, 7) is 2.06. The van der Waals surface area contributed by atoms with Gasteiger partial charge in [-0.25, -0.2) is 4.39 Å². The van der Waals surface area contributed by atoms with Gasteiger partial charge in [0.2, 0.25) is 5.91 Å². The van der Waals surface area contributed by atoms with Gasteiger partial charge < -0.3 is 15.5 Å². The van der Waals surface area contributed by atoms with Crippen molar-refractivity contribution in [3.05, 3.63) is 35.6 Å². The topological polar surface area (TPSA) is 66.6 Å². The van der Waals surface area contributed by atoms with E-state index in [2.05, 4.69) is 0 Å². The number of rotatable bonds is 2. The number of carbonyl (C=O) groups excluding carboxylic acids is 2. The van der Waals surface area contributed by atoms with Crippen molar-refractivity contribution in [3.63, 3.8) is 0 Å². The maximum absolute atomic E-state index is 13.2. The monoisotopic (exact) mass is 279 g/mol.